The molecule has 262 valence electrons. The first-order valence-corrected chi connectivity index (χ1v) is 19.1. The fraction of sp³-hybridized carbons (Fsp3) is 0. The van der Waals surface area contributed by atoms with Crippen molar-refractivity contribution in [3.8, 4) is 44.5 Å². The van der Waals surface area contributed by atoms with Crippen LogP contribution in [0.5, 0.6) is 0 Å². The van der Waals surface area contributed by atoms with Crippen molar-refractivity contribution >= 4 is 86.6 Å². The highest BCUT2D eigenvalue weighted by atomic mass is 16.3. The minimum Gasteiger partial charge on any atom is -0.456 e. The van der Waals surface area contributed by atoms with Crippen LogP contribution in [0, 0.1) is 0 Å². The Hall–Kier alpha value is -7.48. The van der Waals surface area contributed by atoms with Crippen molar-refractivity contribution in [2.75, 3.05) is 0 Å². The molecule has 0 aliphatic rings. The molecule has 1 aromatic heterocycles. The van der Waals surface area contributed by atoms with Gasteiger partial charge in [-0.2, -0.15) is 0 Å². The Bertz CT molecular complexity index is 4180. The Morgan fingerprint density at radius 1 is 0.316 bits per heavy atom. The Morgan fingerprint density at radius 2 is 0.807 bits per heavy atom. The lowest BCUT2D eigenvalue weighted by Crippen LogP contribution is -1.90. The van der Waals surface area contributed by atoms with E-state index in [-0.39, 0.29) is 57.2 Å². The summed E-state index contributed by atoms with van der Waals surface area (Å²) in [6, 6.07) is 47.8. The van der Waals surface area contributed by atoms with E-state index in [2.05, 4.69) is 121 Å². The predicted molar refractivity (Wildman–Crippen MR) is 243 cm³/mol. The zero-order valence-electron chi connectivity index (χ0n) is 38.3. The second kappa shape index (κ2) is 11.5. The van der Waals surface area contributed by atoms with Gasteiger partial charge in [0.15, 0.2) is 0 Å². The van der Waals surface area contributed by atoms with Gasteiger partial charge in [-0.25, -0.2) is 0 Å². The summed E-state index contributed by atoms with van der Waals surface area (Å²) >= 11 is 0. The van der Waals surface area contributed by atoms with Crippen LogP contribution in [-0.4, -0.2) is 0 Å². The summed E-state index contributed by atoms with van der Waals surface area (Å²) in [4.78, 5) is 0. The summed E-state index contributed by atoms with van der Waals surface area (Å²) in [7, 11) is 0. The van der Waals surface area contributed by atoms with Crippen molar-refractivity contribution in [1.82, 2.24) is 0 Å². The summed E-state index contributed by atoms with van der Waals surface area (Å²) in [6.07, 6.45) is 0. The topological polar surface area (TPSA) is 13.1 Å². The number of hydrogen-bond acceptors (Lipinski definition) is 1. The van der Waals surface area contributed by atoms with E-state index in [1.54, 1.807) is 0 Å². The second-order valence-electron chi connectivity index (χ2n) is 15.0. The third kappa shape index (κ3) is 4.51. The molecule has 0 amide bonds. The number of benzene rings is 12. The van der Waals surface area contributed by atoms with E-state index < -0.39 is 24.2 Å². The largest absolute Gasteiger partial charge is 0.456 e. The van der Waals surface area contributed by atoms with Crippen molar-refractivity contribution in [3.63, 3.8) is 0 Å². The monoisotopic (exact) mass is 728 g/mol. The number of rotatable bonds is 4. The van der Waals surface area contributed by atoms with Gasteiger partial charge in [0.1, 0.15) is 11.2 Å². The lowest BCUT2D eigenvalue weighted by Gasteiger charge is -2.17. The molecule has 0 fully saturated rings. The fourth-order valence-electron chi connectivity index (χ4n) is 9.26. The van der Waals surface area contributed by atoms with Gasteiger partial charge in [0, 0.05) is 10.8 Å². The molecule has 1 nitrogen and oxygen atoms in total. The van der Waals surface area contributed by atoms with Crippen LogP contribution in [0.1, 0.15) is 11.0 Å². The van der Waals surface area contributed by atoms with E-state index in [0.29, 0.717) is 5.56 Å². The molecule has 0 saturated heterocycles. The summed E-state index contributed by atoms with van der Waals surface area (Å²) in [5, 5.41) is 13.8. The van der Waals surface area contributed by atoms with Crippen LogP contribution in [0.25, 0.3) is 131 Å². The van der Waals surface area contributed by atoms with E-state index in [0.717, 1.165) is 65.5 Å². The van der Waals surface area contributed by atoms with Gasteiger partial charge in [0.25, 0.3) is 0 Å². The molecule has 1 heteroatoms. The average Bonchev–Trinajstić information content (AvgIpc) is 3.75. The van der Waals surface area contributed by atoms with Gasteiger partial charge in [0.05, 0.1) is 11.0 Å². The third-order valence-electron chi connectivity index (χ3n) is 11.9. The zero-order valence-corrected chi connectivity index (χ0v) is 30.3. The standard InChI is InChI=1S/C56H32O/c1-2-10-51-47(9-1)50-32-41(23-28-52(50)57-51)43-29-42(30-44(31-43)46-25-20-40-18-16-36-6-4-8-38-22-27-49(46)56(40)54(36)38)33-11-13-34(14-12-33)45-24-19-39-17-15-35-5-3-7-37-21-26-48(45)55(39)53(35)37/h1-32H/i1D,2D,9D,10D,23D,28D,29D,32D. The van der Waals surface area contributed by atoms with Gasteiger partial charge >= 0.3 is 0 Å². The molecule has 57 heavy (non-hydrogen) atoms. The highest BCUT2D eigenvalue weighted by Crippen LogP contribution is 2.43. The van der Waals surface area contributed by atoms with Crippen LogP contribution < -0.4 is 0 Å². The van der Waals surface area contributed by atoms with E-state index in [4.69, 9.17) is 9.90 Å². The second-order valence-corrected chi connectivity index (χ2v) is 15.0. The molecule has 1 heterocycles. The van der Waals surface area contributed by atoms with Gasteiger partial charge in [0.2, 0.25) is 0 Å². The molecule has 0 N–H and O–H groups in total. The van der Waals surface area contributed by atoms with Crippen LogP contribution in [0.15, 0.2) is 198 Å². The summed E-state index contributed by atoms with van der Waals surface area (Å²) in [5.41, 5.74) is 5.00. The normalized spacial score (nSPS) is 14.2. The number of para-hydroxylation sites is 1. The molecular formula is C56H32O. The van der Waals surface area contributed by atoms with E-state index in [1.165, 1.54) is 26.9 Å². The fourth-order valence-corrected chi connectivity index (χ4v) is 9.26. The minimum atomic E-state index is -0.491. The van der Waals surface area contributed by atoms with Crippen LogP contribution in [0.3, 0.4) is 0 Å². The maximum atomic E-state index is 9.92. The molecule has 12 aromatic carbocycles. The highest BCUT2D eigenvalue weighted by molar-refractivity contribution is 6.27. The lowest BCUT2D eigenvalue weighted by atomic mass is 9.87. The first-order valence-electron chi connectivity index (χ1n) is 23.1. The Morgan fingerprint density at radius 3 is 1.44 bits per heavy atom. The van der Waals surface area contributed by atoms with Crippen molar-refractivity contribution in [3.05, 3.63) is 194 Å². The molecule has 0 aliphatic heterocycles. The molecule has 0 unspecified atom stereocenters. The maximum absolute atomic E-state index is 9.92. The maximum Gasteiger partial charge on any atom is 0.135 e. The van der Waals surface area contributed by atoms with Crippen molar-refractivity contribution in [2.24, 2.45) is 0 Å². The van der Waals surface area contributed by atoms with Crippen LogP contribution in [0.4, 0.5) is 0 Å². The SMILES string of the molecule is [2H]c1c(-c2ccc(-c3ccc4ccc5cccc6ccc3c4c56)cc2)cc(-c2ccc3ccc4cccc5ccc2c3c45)cc1-c1c([2H])c([2H])c2oc3c([2H])c([2H])c([2H])c([2H])c3c2c1[2H]. The first-order chi connectivity index (χ1) is 31.6. The van der Waals surface area contributed by atoms with Gasteiger partial charge in [-0.15, -0.1) is 0 Å². The molecule has 0 radical (unpaired) electrons. The molecule has 13 rings (SSSR count). The molecular weight excluding hydrogens is 689 g/mol. The van der Waals surface area contributed by atoms with Gasteiger partial charge in [-0.3, -0.25) is 0 Å². The number of fused-ring (bicyclic) bond motifs is 3. The van der Waals surface area contributed by atoms with Crippen LogP contribution >= 0.6 is 0 Å². The van der Waals surface area contributed by atoms with Gasteiger partial charge < -0.3 is 4.42 Å². The molecule has 0 atom stereocenters. The zero-order chi connectivity index (χ0) is 44.2. The summed E-state index contributed by atoms with van der Waals surface area (Å²) in [6.45, 7) is 0. The smallest absolute Gasteiger partial charge is 0.135 e. The predicted octanol–water partition coefficient (Wildman–Crippen LogP) is 16.0. The third-order valence-corrected chi connectivity index (χ3v) is 11.9. The number of furan rings is 1. The number of hydrogen-bond donors (Lipinski definition) is 0. The lowest BCUT2D eigenvalue weighted by molar-refractivity contribution is 0.669. The minimum absolute atomic E-state index is 0.00804. The van der Waals surface area contributed by atoms with Crippen molar-refractivity contribution in [1.29, 1.82) is 0 Å². The summed E-state index contributed by atoms with van der Waals surface area (Å²) < 4.78 is 78.2. The van der Waals surface area contributed by atoms with E-state index in [1.807, 2.05) is 24.3 Å². The van der Waals surface area contributed by atoms with Gasteiger partial charge in [-0.05, 0) is 145 Å². The van der Waals surface area contributed by atoms with Crippen LogP contribution in [0.2, 0.25) is 0 Å². The summed E-state index contributed by atoms with van der Waals surface area (Å²) in [5.74, 6) is 0. The molecule has 0 aliphatic carbocycles. The molecule has 0 saturated carbocycles. The van der Waals surface area contributed by atoms with Crippen molar-refractivity contribution < 1.29 is 15.4 Å². The van der Waals surface area contributed by atoms with Crippen LogP contribution in [-0.2, 0) is 0 Å². The van der Waals surface area contributed by atoms with Crippen molar-refractivity contribution in [2.45, 2.75) is 0 Å². The molecule has 13 aromatic rings. The Balaban J connectivity index is 1.07. The average molecular weight is 729 g/mol. The Kier molecular flexibility index (Phi) is 4.88. The first kappa shape index (κ1) is 24.1. The van der Waals surface area contributed by atoms with E-state index in [9.17, 15) is 5.48 Å². The van der Waals surface area contributed by atoms with E-state index >= 15 is 0 Å². The highest BCUT2D eigenvalue weighted by Gasteiger charge is 2.17. The molecule has 0 spiro atoms. The Labute approximate surface area is 339 Å². The van der Waals surface area contributed by atoms with Gasteiger partial charge in [-0.1, -0.05) is 158 Å². The molecule has 0 bridgehead atoms. The quantitative estimate of drug-likeness (QED) is 0.165.